The van der Waals surface area contributed by atoms with E-state index in [1.54, 1.807) is 37.4 Å². The Morgan fingerprint density at radius 1 is 1.07 bits per heavy atom. The summed E-state index contributed by atoms with van der Waals surface area (Å²) in [5.41, 5.74) is 2.64. The second-order valence-electron chi connectivity index (χ2n) is 7.24. The molecule has 10 heteroatoms. The first-order valence-corrected chi connectivity index (χ1v) is 10.8. The van der Waals surface area contributed by atoms with Crippen molar-refractivity contribution in [1.82, 2.24) is 24.1 Å². The Bertz CT molecular complexity index is 973. The maximum atomic E-state index is 13.2. The molecule has 0 unspecified atom stereocenters. The number of hydrogen-bond acceptors (Lipinski definition) is 6. The van der Waals surface area contributed by atoms with Gasteiger partial charge in [0.25, 0.3) is 0 Å². The van der Waals surface area contributed by atoms with E-state index in [0.717, 1.165) is 5.56 Å². The van der Waals surface area contributed by atoms with Crippen LogP contribution >= 0.6 is 0 Å². The molecule has 2 aromatic rings. The predicted molar refractivity (Wildman–Crippen MR) is 102 cm³/mol. The average molecular weight is 410 g/mol. The highest BCUT2D eigenvalue weighted by Gasteiger charge is 2.32. The largest absolute Gasteiger partial charge is 0.361 e. The summed E-state index contributed by atoms with van der Waals surface area (Å²) >= 11 is 0. The molecule has 1 aliphatic rings. The first-order chi connectivity index (χ1) is 13.1. The zero-order chi connectivity index (χ0) is 20.6. The van der Waals surface area contributed by atoms with E-state index in [0.29, 0.717) is 48.9 Å². The summed E-state index contributed by atoms with van der Waals surface area (Å²) in [6.07, 6.45) is 0.805. The number of carbonyl (C=O) groups is 1. The van der Waals surface area contributed by atoms with E-state index in [1.165, 1.54) is 4.31 Å². The summed E-state index contributed by atoms with van der Waals surface area (Å²) in [5.74, 6) is 0.606. The van der Waals surface area contributed by atoms with Crippen LogP contribution in [0.2, 0.25) is 0 Å². The Hall–Kier alpha value is -2.20. The van der Waals surface area contributed by atoms with E-state index in [4.69, 9.17) is 4.52 Å². The summed E-state index contributed by atoms with van der Waals surface area (Å²) in [7, 11) is -1.92. The molecule has 154 valence electrons. The molecule has 9 nitrogen and oxygen atoms in total. The SMILES string of the molecule is Cc1noc(C)c1CC(=O)N1CCCN(S(=O)(=O)c2c(C)nn(C)c2C)CC1. The Morgan fingerprint density at radius 2 is 1.79 bits per heavy atom. The van der Waals surface area contributed by atoms with Crippen molar-refractivity contribution in [2.75, 3.05) is 26.2 Å². The molecule has 1 aliphatic heterocycles. The van der Waals surface area contributed by atoms with Gasteiger partial charge in [-0.1, -0.05) is 5.16 Å². The van der Waals surface area contributed by atoms with Crippen LogP contribution in [0.4, 0.5) is 0 Å². The first kappa shape index (κ1) is 20.5. The molecule has 3 heterocycles. The lowest BCUT2D eigenvalue weighted by molar-refractivity contribution is -0.130. The van der Waals surface area contributed by atoms with Gasteiger partial charge >= 0.3 is 0 Å². The summed E-state index contributed by atoms with van der Waals surface area (Å²) in [4.78, 5) is 14.7. The summed E-state index contributed by atoms with van der Waals surface area (Å²) in [6, 6.07) is 0. The number of hydrogen-bond donors (Lipinski definition) is 0. The van der Waals surface area contributed by atoms with Crippen LogP contribution in [0.3, 0.4) is 0 Å². The van der Waals surface area contributed by atoms with Crippen LogP contribution in [0.1, 0.15) is 34.8 Å². The van der Waals surface area contributed by atoms with E-state index in [2.05, 4.69) is 10.3 Å². The maximum absolute atomic E-state index is 13.2. The lowest BCUT2D eigenvalue weighted by Gasteiger charge is -2.22. The van der Waals surface area contributed by atoms with Crippen LogP contribution in [-0.2, 0) is 28.3 Å². The summed E-state index contributed by atoms with van der Waals surface area (Å²) in [5, 5.41) is 8.12. The quantitative estimate of drug-likeness (QED) is 0.750. The van der Waals surface area contributed by atoms with Gasteiger partial charge in [0.2, 0.25) is 15.9 Å². The van der Waals surface area contributed by atoms with E-state index >= 15 is 0 Å². The van der Waals surface area contributed by atoms with Crippen molar-refractivity contribution in [3.05, 3.63) is 28.4 Å². The number of rotatable bonds is 4. The molecule has 0 atom stereocenters. The number of carbonyl (C=O) groups excluding carboxylic acids is 1. The Balaban J connectivity index is 1.73. The fourth-order valence-electron chi connectivity index (χ4n) is 3.66. The lowest BCUT2D eigenvalue weighted by Crippen LogP contribution is -2.38. The van der Waals surface area contributed by atoms with Gasteiger partial charge in [-0.25, -0.2) is 8.42 Å². The van der Waals surface area contributed by atoms with Crippen molar-refractivity contribution in [3.63, 3.8) is 0 Å². The number of sulfonamides is 1. The van der Waals surface area contributed by atoms with Gasteiger partial charge in [-0.15, -0.1) is 0 Å². The molecule has 0 aliphatic carbocycles. The second-order valence-corrected chi connectivity index (χ2v) is 9.12. The standard InChI is InChI=1S/C18H27N5O4S/c1-12-16(15(4)27-20-12)11-17(24)22-7-6-8-23(10-9-22)28(25,26)18-13(2)19-21(5)14(18)3/h6-11H2,1-5H3. The van der Waals surface area contributed by atoms with Crippen molar-refractivity contribution < 1.29 is 17.7 Å². The van der Waals surface area contributed by atoms with Crippen molar-refractivity contribution in [2.24, 2.45) is 7.05 Å². The normalized spacial score (nSPS) is 16.4. The van der Waals surface area contributed by atoms with Gasteiger partial charge in [-0.05, 0) is 34.1 Å². The topological polar surface area (TPSA) is 102 Å². The molecular weight excluding hydrogens is 382 g/mol. The molecule has 0 radical (unpaired) electrons. The highest BCUT2D eigenvalue weighted by molar-refractivity contribution is 7.89. The van der Waals surface area contributed by atoms with Gasteiger partial charge in [0.1, 0.15) is 10.7 Å². The Morgan fingerprint density at radius 3 is 2.36 bits per heavy atom. The molecule has 0 bridgehead atoms. The monoisotopic (exact) mass is 409 g/mol. The molecule has 0 saturated carbocycles. The first-order valence-electron chi connectivity index (χ1n) is 9.32. The molecule has 3 rings (SSSR count). The molecule has 28 heavy (non-hydrogen) atoms. The minimum Gasteiger partial charge on any atom is -0.361 e. The van der Waals surface area contributed by atoms with Crippen LogP contribution in [0.15, 0.2) is 9.42 Å². The van der Waals surface area contributed by atoms with Gasteiger partial charge in [0.05, 0.1) is 23.5 Å². The van der Waals surface area contributed by atoms with Crippen LogP contribution in [0, 0.1) is 27.7 Å². The molecule has 1 fully saturated rings. The fourth-order valence-corrected chi connectivity index (χ4v) is 5.53. The average Bonchev–Trinajstić information content (AvgIpc) is 2.95. The van der Waals surface area contributed by atoms with Crippen molar-refractivity contribution >= 4 is 15.9 Å². The smallest absolute Gasteiger partial charge is 0.246 e. The Labute approximate surface area is 165 Å². The zero-order valence-electron chi connectivity index (χ0n) is 17.0. The van der Waals surface area contributed by atoms with Crippen molar-refractivity contribution in [3.8, 4) is 0 Å². The van der Waals surface area contributed by atoms with Crippen LogP contribution in [0.5, 0.6) is 0 Å². The number of aryl methyl sites for hydroxylation is 4. The molecule has 1 amide bonds. The second kappa shape index (κ2) is 7.67. The van der Waals surface area contributed by atoms with E-state index in [-0.39, 0.29) is 23.8 Å². The highest BCUT2D eigenvalue weighted by atomic mass is 32.2. The molecule has 0 spiro atoms. The lowest BCUT2D eigenvalue weighted by atomic mass is 10.1. The van der Waals surface area contributed by atoms with E-state index in [1.807, 2.05) is 6.92 Å². The summed E-state index contributed by atoms with van der Waals surface area (Å²) in [6.45, 7) is 8.60. The third-order valence-corrected chi connectivity index (χ3v) is 7.51. The predicted octanol–water partition coefficient (Wildman–Crippen LogP) is 1.11. The molecule has 0 aromatic carbocycles. The summed E-state index contributed by atoms with van der Waals surface area (Å²) < 4.78 is 34.5. The van der Waals surface area contributed by atoms with Crippen molar-refractivity contribution in [1.29, 1.82) is 0 Å². The van der Waals surface area contributed by atoms with Crippen LogP contribution in [-0.4, -0.2) is 64.6 Å². The third kappa shape index (κ3) is 3.70. The maximum Gasteiger partial charge on any atom is 0.246 e. The minimum absolute atomic E-state index is 0.0395. The van der Waals surface area contributed by atoms with E-state index in [9.17, 15) is 13.2 Å². The van der Waals surface area contributed by atoms with Gasteiger partial charge in [-0.2, -0.15) is 9.40 Å². The zero-order valence-corrected chi connectivity index (χ0v) is 17.8. The number of amides is 1. The molecule has 1 saturated heterocycles. The molecular formula is C18H27N5O4S. The molecule has 0 N–H and O–H groups in total. The molecule has 2 aromatic heterocycles. The third-order valence-electron chi connectivity index (χ3n) is 5.36. The van der Waals surface area contributed by atoms with Gasteiger partial charge in [-0.3, -0.25) is 9.48 Å². The van der Waals surface area contributed by atoms with Gasteiger partial charge in [0, 0.05) is 38.8 Å². The van der Waals surface area contributed by atoms with Crippen LogP contribution < -0.4 is 0 Å². The van der Waals surface area contributed by atoms with Gasteiger partial charge in [0.15, 0.2) is 0 Å². The van der Waals surface area contributed by atoms with Crippen molar-refractivity contribution in [2.45, 2.75) is 45.4 Å². The fraction of sp³-hybridized carbons (Fsp3) is 0.611. The van der Waals surface area contributed by atoms with E-state index < -0.39 is 10.0 Å². The number of aromatic nitrogens is 3. The van der Waals surface area contributed by atoms with Gasteiger partial charge < -0.3 is 9.42 Å². The Kier molecular flexibility index (Phi) is 5.62. The van der Waals surface area contributed by atoms with Crippen LogP contribution in [0.25, 0.3) is 0 Å². The highest BCUT2D eigenvalue weighted by Crippen LogP contribution is 2.24. The minimum atomic E-state index is -3.65. The number of nitrogens with zero attached hydrogens (tertiary/aromatic N) is 5.